The molecule has 1 saturated heterocycles. The average Bonchev–Trinajstić information content (AvgIpc) is 2.15. The molecule has 0 saturated carbocycles. The van der Waals surface area contributed by atoms with E-state index in [0.717, 1.165) is 25.4 Å². The molecule has 0 unspecified atom stereocenters. The monoisotopic (exact) mass is 231 g/mol. The van der Waals surface area contributed by atoms with Gasteiger partial charge in [0, 0.05) is 25.2 Å². The van der Waals surface area contributed by atoms with E-state index in [1.54, 1.807) is 0 Å². The van der Waals surface area contributed by atoms with Crippen molar-refractivity contribution >= 4 is 5.82 Å². The number of hydrogen-bond acceptors (Lipinski definition) is 3. The molecule has 2 rings (SSSR count). The highest BCUT2D eigenvalue weighted by atomic mass is 19.4. The molecular weight excluding hydrogens is 219 g/mol. The maximum Gasteiger partial charge on any atom is 0.417 e. The lowest BCUT2D eigenvalue weighted by Crippen LogP contribution is -2.50. The number of pyridine rings is 1. The summed E-state index contributed by atoms with van der Waals surface area (Å²) < 4.78 is 36.8. The van der Waals surface area contributed by atoms with Crippen LogP contribution >= 0.6 is 0 Å². The minimum Gasteiger partial charge on any atom is -0.356 e. The number of alkyl halides is 3. The first-order chi connectivity index (χ1) is 7.50. The summed E-state index contributed by atoms with van der Waals surface area (Å²) in [6.45, 7) is 2.15. The van der Waals surface area contributed by atoms with Gasteiger partial charge in [-0.2, -0.15) is 13.2 Å². The molecule has 0 atom stereocenters. The summed E-state index contributed by atoms with van der Waals surface area (Å²) in [7, 11) is 0. The van der Waals surface area contributed by atoms with Crippen LogP contribution in [0, 0.1) is 5.92 Å². The lowest BCUT2D eigenvalue weighted by Gasteiger charge is -2.39. The average molecular weight is 231 g/mol. The van der Waals surface area contributed by atoms with Crippen molar-refractivity contribution in [2.45, 2.75) is 6.18 Å². The molecule has 88 valence electrons. The highest BCUT2D eigenvalue weighted by Crippen LogP contribution is 2.30. The van der Waals surface area contributed by atoms with Crippen molar-refractivity contribution in [2.75, 3.05) is 24.5 Å². The largest absolute Gasteiger partial charge is 0.417 e. The molecule has 0 radical (unpaired) electrons. The van der Waals surface area contributed by atoms with Gasteiger partial charge < -0.3 is 10.6 Å². The molecule has 0 spiro atoms. The number of nitrogens with zero attached hydrogens (tertiary/aromatic N) is 2. The van der Waals surface area contributed by atoms with Crippen LogP contribution in [0.4, 0.5) is 19.0 Å². The molecule has 1 aliphatic rings. The zero-order chi connectivity index (χ0) is 11.8. The van der Waals surface area contributed by atoms with E-state index in [2.05, 4.69) is 4.98 Å². The van der Waals surface area contributed by atoms with Crippen LogP contribution < -0.4 is 10.6 Å². The molecule has 2 heterocycles. The molecule has 1 aromatic heterocycles. The number of aromatic nitrogens is 1. The fourth-order valence-electron chi connectivity index (χ4n) is 1.65. The van der Waals surface area contributed by atoms with Gasteiger partial charge in [0.25, 0.3) is 0 Å². The summed E-state index contributed by atoms with van der Waals surface area (Å²) in [5.41, 5.74) is 4.74. The van der Waals surface area contributed by atoms with Crippen molar-refractivity contribution in [3.8, 4) is 0 Å². The minimum atomic E-state index is -4.32. The number of anilines is 1. The third-order valence-electron chi connectivity index (χ3n) is 2.69. The number of nitrogens with two attached hydrogens (primary N) is 1. The molecule has 1 aromatic rings. The Kier molecular flexibility index (Phi) is 2.75. The smallest absolute Gasteiger partial charge is 0.356 e. The Bertz CT molecular complexity index is 355. The van der Waals surface area contributed by atoms with E-state index >= 15 is 0 Å². The molecule has 2 N–H and O–H groups in total. The molecular formula is C10H12F3N3. The Morgan fingerprint density at radius 1 is 1.38 bits per heavy atom. The molecule has 3 nitrogen and oxygen atoms in total. The zero-order valence-corrected chi connectivity index (χ0v) is 8.54. The van der Waals surface area contributed by atoms with Crippen LogP contribution in [0.15, 0.2) is 18.3 Å². The topological polar surface area (TPSA) is 42.1 Å². The van der Waals surface area contributed by atoms with Gasteiger partial charge in [-0.05, 0) is 18.7 Å². The van der Waals surface area contributed by atoms with E-state index in [9.17, 15) is 13.2 Å². The van der Waals surface area contributed by atoms with Gasteiger partial charge in [-0.15, -0.1) is 0 Å². The van der Waals surface area contributed by atoms with Crippen LogP contribution in [0.3, 0.4) is 0 Å². The maximum atomic E-state index is 12.3. The van der Waals surface area contributed by atoms with E-state index in [4.69, 9.17) is 5.73 Å². The summed E-state index contributed by atoms with van der Waals surface area (Å²) in [5.74, 6) is 1.02. The zero-order valence-electron chi connectivity index (χ0n) is 8.54. The van der Waals surface area contributed by atoms with Gasteiger partial charge in [0.1, 0.15) is 5.82 Å². The fraction of sp³-hybridized carbons (Fsp3) is 0.500. The van der Waals surface area contributed by atoms with Crippen LogP contribution in [0.5, 0.6) is 0 Å². The van der Waals surface area contributed by atoms with Crippen LogP contribution in [-0.4, -0.2) is 24.6 Å². The summed E-state index contributed by atoms with van der Waals surface area (Å²) in [6, 6.07) is 2.45. The van der Waals surface area contributed by atoms with E-state index in [-0.39, 0.29) is 0 Å². The number of halogens is 3. The van der Waals surface area contributed by atoms with Crippen molar-refractivity contribution in [3.05, 3.63) is 23.9 Å². The normalized spacial score (nSPS) is 17.4. The molecule has 1 aliphatic heterocycles. The predicted octanol–water partition coefficient (Wildman–Crippen LogP) is 1.50. The maximum absolute atomic E-state index is 12.3. The van der Waals surface area contributed by atoms with Crippen LogP contribution in [0.2, 0.25) is 0 Å². The van der Waals surface area contributed by atoms with Crippen LogP contribution in [-0.2, 0) is 6.18 Å². The lowest BCUT2D eigenvalue weighted by molar-refractivity contribution is -0.137. The third kappa shape index (κ3) is 2.11. The predicted molar refractivity (Wildman–Crippen MR) is 54.0 cm³/mol. The number of rotatable bonds is 2. The van der Waals surface area contributed by atoms with Crippen LogP contribution in [0.1, 0.15) is 5.56 Å². The molecule has 6 heteroatoms. The summed E-state index contributed by atoms with van der Waals surface area (Å²) in [5, 5.41) is 0. The molecule has 0 aromatic carbocycles. The van der Waals surface area contributed by atoms with Gasteiger partial charge in [0.2, 0.25) is 0 Å². The quantitative estimate of drug-likeness (QED) is 0.838. The van der Waals surface area contributed by atoms with E-state index in [1.165, 1.54) is 6.07 Å². The molecule has 0 amide bonds. The number of hydrogen-bond donors (Lipinski definition) is 1. The van der Waals surface area contributed by atoms with E-state index in [0.29, 0.717) is 18.3 Å². The Morgan fingerprint density at radius 2 is 2.06 bits per heavy atom. The molecule has 1 fully saturated rings. The highest BCUT2D eigenvalue weighted by Gasteiger charge is 2.32. The summed E-state index contributed by atoms with van der Waals surface area (Å²) >= 11 is 0. The molecule has 0 aliphatic carbocycles. The Labute approximate surface area is 91.1 Å². The van der Waals surface area contributed by atoms with Gasteiger partial charge >= 0.3 is 6.18 Å². The first-order valence-corrected chi connectivity index (χ1v) is 4.99. The Hall–Kier alpha value is -1.30. The van der Waals surface area contributed by atoms with Gasteiger partial charge in [-0.25, -0.2) is 4.98 Å². The first-order valence-electron chi connectivity index (χ1n) is 4.99. The Morgan fingerprint density at radius 3 is 2.50 bits per heavy atom. The summed E-state index contributed by atoms with van der Waals surface area (Å²) in [4.78, 5) is 5.72. The van der Waals surface area contributed by atoms with Crippen molar-refractivity contribution in [3.63, 3.8) is 0 Å². The molecule has 0 bridgehead atoms. The van der Waals surface area contributed by atoms with Gasteiger partial charge in [0.05, 0.1) is 5.56 Å². The van der Waals surface area contributed by atoms with Gasteiger partial charge in [-0.1, -0.05) is 0 Å². The van der Waals surface area contributed by atoms with Crippen molar-refractivity contribution in [1.82, 2.24) is 4.98 Å². The first kappa shape index (κ1) is 11.2. The van der Waals surface area contributed by atoms with E-state index < -0.39 is 11.7 Å². The standard InChI is InChI=1S/C10H12F3N3/c11-10(12,13)8-1-2-9(15-4-8)16-5-7(3-14)6-16/h1-2,4,7H,3,5-6,14H2. The second-order valence-corrected chi connectivity index (χ2v) is 3.91. The van der Waals surface area contributed by atoms with Gasteiger partial charge in [0.15, 0.2) is 0 Å². The SMILES string of the molecule is NCC1CN(c2ccc(C(F)(F)F)cn2)C1. The lowest BCUT2D eigenvalue weighted by atomic mass is 10.0. The summed E-state index contributed by atoms with van der Waals surface area (Å²) in [6.07, 6.45) is -3.45. The minimum absolute atomic E-state index is 0.434. The van der Waals surface area contributed by atoms with Crippen molar-refractivity contribution in [2.24, 2.45) is 11.7 Å². The second kappa shape index (κ2) is 3.93. The van der Waals surface area contributed by atoms with Crippen molar-refractivity contribution < 1.29 is 13.2 Å². The second-order valence-electron chi connectivity index (χ2n) is 3.91. The highest BCUT2D eigenvalue weighted by molar-refractivity contribution is 5.42. The van der Waals surface area contributed by atoms with Crippen molar-refractivity contribution in [1.29, 1.82) is 0 Å². The van der Waals surface area contributed by atoms with E-state index in [1.807, 2.05) is 4.90 Å². The van der Waals surface area contributed by atoms with Crippen LogP contribution in [0.25, 0.3) is 0 Å². The van der Waals surface area contributed by atoms with Gasteiger partial charge in [-0.3, -0.25) is 0 Å². The third-order valence-corrected chi connectivity index (χ3v) is 2.69. The fourth-order valence-corrected chi connectivity index (χ4v) is 1.65. The molecule has 16 heavy (non-hydrogen) atoms. The Balaban J connectivity index is 2.04.